The fraction of sp³-hybridized carbons (Fsp3) is 0.409. The molecule has 0 unspecified atom stereocenters. The molecule has 3 nitrogen and oxygen atoms in total. The predicted molar refractivity (Wildman–Crippen MR) is 101 cm³/mol. The first-order valence-electron chi connectivity index (χ1n) is 9.30. The average Bonchev–Trinajstić information content (AvgIpc) is 2.66. The van der Waals surface area contributed by atoms with Gasteiger partial charge in [0.2, 0.25) is 0 Å². The molecule has 0 radical (unpaired) electrons. The van der Waals surface area contributed by atoms with Crippen LogP contribution in [0.1, 0.15) is 47.4 Å². The van der Waals surface area contributed by atoms with Crippen LogP contribution >= 0.6 is 0 Å². The first-order chi connectivity index (χ1) is 12.2. The van der Waals surface area contributed by atoms with Gasteiger partial charge in [0.1, 0.15) is 0 Å². The number of carbonyl (C=O) groups is 1. The summed E-state index contributed by atoms with van der Waals surface area (Å²) in [7, 11) is 0. The number of piperidine rings is 1. The number of carboxylic acid groups (broad SMARTS) is 1. The van der Waals surface area contributed by atoms with Crippen LogP contribution in [0.2, 0.25) is 0 Å². The molecule has 25 heavy (non-hydrogen) atoms. The molecule has 2 aromatic carbocycles. The van der Waals surface area contributed by atoms with E-state index < -0.39 is 5.97 Å². The van der Waals surface area contributed by atoms with E-state index in [9.17, 15) is 4.79 Å². The molecule has 3 rings (SSSR count). The molecule has 2 N–H and O–H groups in total. The van der Waals surface area contributed by atoms with E-state index in [0.717, 1.165) is 31.5 Å². The third kappa shape index (κ3) is 5.43. The Morgan fingerprint density at radius 1 is 0.840 bits per heavy atom. The van der Waals surface area contributed by atoms with Crippen molar-refractivity contribution < 1.29 is 9.90 Å². The summed E-state index contributed by atoms with van der Waals surface area (Å²) in [4.78, 5) is 10.6. The Hall–Kier alpha value is -2.13. The zero-order chi connectivity index (χ0) is 17.5. The van der Waals surface area contributed by atoms with E-state index in [2.05, 4.69) is 53.8 Å². The van der Waals surface area contributed by atoms with Crippen molar-refractivity contribution in [3.8, 4) is 0 Å². The van der Waals surface area contributed by atoms with E-state index in [-0.39, 0.29) is 6.42 Å². The van der Waals surface area contributed by atoms with Crippen molar-refractivity contribution in [3.63, 3.8) is 0 Å². The molecule has 132 valence electrons. The zero-order valence-electron chi connectivity index (χ0n) is 14.7. The Labute approximate surface area is 150 Å². The molecule has 0 aromatic heterocycles. The number of aryl methyl sites for hydroxylation is 3. The average molecular weight is 337 g/mol. The predicted octanol–water partition coefficient (Wildman–Crippen LogP) is 3.96. The molecule has 3 heteroatoms. The highest BCUT2D eigenvalue weighted by Gasteiger charge is 2.14. The Morgan fingerprint density at radius 2 is 1.32 bits per heavy atom. The number of carboxylic acids is 1. The van der Waals surface area contributed by atoms with Crippen molar-refractivity contribution in [2.45, 2.75) is 44.4 Å². The highest BCUT2D eigenvalue weighted by Crippen LogP contribution is 2.25. The van der Waals surface area contributed by atoms with Crippen LogP contribution in [0, 0.1) is 0 Å². The molecule has 0 spiro atoms. The van der Waals surface area contributed by atoms with Gasteiger partial charge in [-0.25, -0.2) is 0 Å². The van der Waals surface area contributed by atoms with Gasteiger partial charge in [-0.2, -0.15) is 0 Å². The summed E-state index contributed by atoms with van der Waals surface area (Å²) < 4.78 is 0. The topological polar surface area (TPSA) is 49.3 Å². The van der Waals surface area contributed by atoms with Crippen LogP contribution in [0.25, 0.3) is 0 Å². The Kier molecular flexibility index (Phi) is 6.24. The van der Waals surface area contributed by atoms with Crippen LogP contribution in [-0.2, 0) is 24.1 Å². The minimum atomic E-state index is -0.739. The standard InChI is InChI=1S/C22H27NO2/c24-22(25)12-9-18-4-1-17(2-5-18)3-6-19-7-10-20(11-8-19)21-13-15-23-16-14-21/h1-2,4-5,7-8,10-11,21,23H,3,6,9,12-16H2,(H,24,25). The second kappa shape index (κ2) is 8.82. The number of nitrogens with one attached hydrogen (secondary N) is 1. The van der Waals surface area contributed by atoms with Gasteiger partial charge < -0.3 is 10.4 Å². The van der Waals surface area contributed by atoms with Crippen molar-refractivity contribution in [1.82, 2.24) is 5.32 Å². The summed E-state index contributed by atoms with van der Waals surface area (Å²) in [6.45, 7) is 2.27. The minimum absolute atomic E-state index is 0.197. The van der Waals surface area contributed by atoms with Crippen LogP contribution in [0.3, 0.4) is 0 Å². The number of hydrogen-bond donors (Lipinski definition) is 2. The van der Waals surface area contributed by atoms with Gasteiger partial charge in [0.25, 0.3) is 0 Å². The van der Waals surface area contributed by atoms with E-state index in [4.69, 9.17) is 5.11 Å². The molecular formula is C22H27NO2. The molecule has 0 bridgehead atoms. The second-order valence-corrected chi connectivity index (χ2v) is 6.98. The van der Waals surface area contributed by atoms with Crippen LogP contribution in [0.15, 0.2) is 48.5 Å². The number of hydrogen-bond acceptors (Lipinski definition) is 2. The fourth-order valence-corrected chi connectivity index (χ4v) is 3.52. The lowest BCUT2D eigenvalue weighted by Gasteiger charge is -2.23. The van der Waals surface area contributed by atoms with Crippen LogP contribution in [0.4, 0.5) is 0 Å². The van der Waals surface area contributed by atoms with Gasteiger partial charge in [-0.05, 0) is 73.4 Å². The zero-order valence-corrected chi connectivity index (χ0v) is 14.7. The van der Waals surface area contributed by atoms with Gasteiger partial charge in [-0.15, -0.1) is 0 Å². The van der Waals surface area contributed by atoms with Crippen molar-refractivity contribution in [2.75, 3.05) is 13.1 Å². The van der Waals surface area contributed by atoms with E-state index >= 15 is 0 Å². The number of benzene rings is 2. The highest BCUT2D eigenvalue weighted by molar-refractivity contribution is 5.67. The molecule has 0 aliphatic carbocycles. The highest BCUT2D eigenvalue weighted by atomic mass is 16.4. The van der Waals surface area contributed by atoms with E-state index in [1.807, 2.05) is 0 Å². The first-order valence-corrected chi connectivity index (χ1v) is 9.30. The number of rotatable bonds is 7. The summed E-state index contributed by atoms with van der Waals surface area (Å²) in [5, 5.41) is 12.2. The Bertz CT molecular complexity index is 670. The van der Waals surface area contributed by atoms with Gasteiger partial charge in [0.05, 0.1) is 0 Å². The largest absolute Gasteiger partial charge is 0.481 e. The van der Waals surface area contributed by atoms with Crippen molar-refractivity contribution in [2.24, 2.45) is 0 Å². The monoisotopic (exact) mass is 337 g/mol. The molecule has 1 saturated heterocycles. The summed E-state index contributed by atoms with van der Waals surface area (Å²) in [6, 6.07) is 17.5. The molecule has 2 aromatic rings. The van der Waals surface area contributed by atoms with Gasteiger partial charge in [0.15, 0.2) is 0 Å². The lowest BCUT2D eigenvalue weighted by molar-refractivity contribution is -0.136. The van der Waals surface area contributed by atoms with E-state index in [0.29, 0.717) is 12.3 Å². The SMILES string of the molecule is O=C(O)CCc1ccc(CCc2ccc(C3CCNCC3)cc2)cc1. The molecule has 1 aliphatic heterocycles. The normalized spacial score (nSPS) is 15.2. The Balaban J connectivity index is 1.50. The molecule has 0 amide bonds. The van der Waals surface area contributed by atoms with Gasteiger partial charge in [-0.1, -0.05) is 48.5 Å². The molecule has 1 aliphatic rings. The molecular weight excluding hydrogens is 310 g/mol. The summed E-state index contributed by atoms with van der Waals surface area (Å²) >= 11 is 0. The third-order valence-electron chi connectivity index (χ3n) is 5.14. The van der Waals surface area contributed by atoms with Crippen molar-refractivity contribution in [3.05, 3.63) is 70.8 Å². The smallest absolute Gasteiger partial charge is 0.303 e. The maximum atomic E-state index is 10.6. The summed E-state index contributed by atoms with van der Waals surface area (Å²) in [5.41, 5.74) is 5.26. The van der Waals surface area contributed by atoms with Gasteiger partial charge in [-0.3, -0.25) is 4.79 Å². The van der Waals surface area contributed by atoms with E-state index in [1.54, 1.807) is 0 Å². The summed E-state index contributed by atoms with van der Waals surface area (Å²) in [5.74, 6) is -0.0225. The third-order valence-corrected chi connectivity index (χ3v) is 5.14. The Morgan fingerprint density at radius 3 is 1.84 bits per heavy atom. The fourth-order valence-electron chi connectivity index (χ4n) is 3.52. The lowest BCUT2D eigenvalue weighted by Crippen LogP contribution is -2.26. The maximum absolute atomic E-state index is 10.6. The lowest BCUT2D eigenvalue weighted by atomic mass is 9.89. The van der Waals surface area contributed by atoms with E-state index in [1.165, 1.54) is 29.5 Å². The molecule has 1 heterocycles. The van der Waals surface area contributed by atoms with Gasteiger partial charge >= 0.3 is 5.97 Å². The first kappa shape index (κ1) is 17.7. The van der Waals surface area contributed by atoms with Gasteiger partial charge in [0, 0.05) is 6.42 Å². The van der Waals surface area contributed by atoms with Crippen LogP contribution in [-0.4, -0.2) is 24.2 Å². The number of aliphatic carboxylic acids is 1. The molecule has 1 fully saturated rings. The van der Waals surface area contributed by atoms with Crippen molar-refractivity contribution >= 4 is 5.97 Å². The maximum Gasteiger partial charge on any atom is 0.303 e. The molecule has 0 saturated carbocycles. The summed E-state index contributed by atoms with van der Waals surface area (Å²) in [6.07, 6.45) is 5.35. The van der Waals surface area contributed by atoms with Crippen molar-refractivity contribution in [1.29, 1.82) is 0 Å². The van der Waals surface area contributed by atoms with Crippen LogP contribution < -0.4 is 5.32 Å². The minimum Gasteiger partial charge on any atom is -0.481 e. The molecule has 0 atom stereocenters. The van der Waals surface area contributed by atoms with Crippen LogP contribution in [0.5, 0.6) is 0 Å². The second-order valence-electron chi connectivity index (χ2n) is 6.98. The quantitative estimate of drug-likeness (QED) is 0.804.